The molecule has 1 N–H and O–H groups in total. The van der Waals surface area contributed by atoms with E-state index in [0.29, 0.717) is 10.0 Å². The Morgan fingerprint density at radius 3 is 2.58 bits per heavy atom. The number of fused-ring (bicyclic) bond motifs is 1. The molecule has 5 heteroatoms. The van der Waals surface area contributed by atoms with Crippen LogP contribution in [0.3, 0.4) is 0 Å². The molecule has 0 saturated carbocycles. The fraction of sp³-hybridized carbons (Fsp3) is 0.286. The zero-order valence-electron chi connectivity index (χ0n) is 14.7. The van der Waals surface area contributed by atoms with Crippen molar-refractivity contribution in [2.45, 2.75) is 32.6 Å². The van der Waals surface area contributed by atoms with Crippen molar-refractivity contribution in [3.8, 4) is 16.9 Å². The lowest BCUT2D eigenvalue weighted by molar-refractivity contribution is 0.780. The van der Waals surface area contributed by atoms with Crippen LogP contribution in [-0.4, -0.2) is 16.3 Å². The standard InChI is InChI=1S/C21H21Cl2N3/c1-2-14-6-9-16(10-7-14)26-21-17(5-3-4-12-24-21)20(25-26)15-8-11-18(22)19(23)13-15/h6-11,13,24H,2-5,12H2,1H3. The van der Waals surface area contributed by atoms with Crippen LogP contribution < -0.4 is 5.32 Å². The van der Waals surface area contributed by atoms with Gasteiger partial charge in [-0.25, -0.2) is 4.68 Å². The second-order valence-corrected chi connectivity index (χ2v) is 7.43. The van der Waals surface area contributed by atoms with Gasteiger partial charge in [0.1, 0.15) is 5.82 Å². The molecule has 26 heavy (non-hydrogen) atoms. The van der Waals surface area contributed by atoms with E-state index in [4.69, 9.17) is 28.3 Å². The Morgan fingerprint density at radius 2 is 1.85 bits per heavy atom. The van der Waals surface area contributed by atoms with E-state index in [2.05, 4.69) is 36.5 Å². The number of hydrogen-bond acceptors (Lipinski definition) is 2. The molecule has 1 aromatic heterocycles. The van der Waals surface area contributed by atoms with E-state index >= 15 is 0 Å². The van der Waals surface area contributed by atoms with Crippen molar-refractivity contribution in [1.82, 2.24) is 9.78 Å². The molecule has 0 spiro atoms. The highest BCUT2D eigenvalue weighted by Gasteiger charge is 2.22. The van der Waals surface area contributed by atoms with Gasteiger partial charge in [0.15, 0.2) is 0 Å². The van der Waals surface area contributed by atoms with E-state index in [1.165, 1.54) is 11.1 Å². The molecule has 0 saturated heterocycles. The first kappa shape index (κ1) is 17.4. The monoisotopic (exact) mass is 385 g/mol. The first-order chi connectivity index (χ1) is 12.7. The fourth-order valence-corrected chi connectivity index (χ4v) is 3.74. The van der Waals surface area contributed by atoms with Crippen LogP contribution in [0.2, 0.25) is 10.0 Å². The maximum Gasteiger partial charge on any atom is 0.133 e. The number of anilines is 1. The number of nitrogens with zero attached hydrogens (tertiary/aromatic N) is 2. The Hall–Kier alpha value is -1.97. The predicted octanol–water partition coefficient (Wildman–Crippen LogP) is 6.16. The SMILES string of the molecule is CCc1ccc(-n2nc(-c3ccc(Cl)c(Cl)c3)c3c2NCCCC3)cc1. The molecular formula is C21H21Cl2N3. The third kappa shape index (κ3) is 3.22. The lowest BCUT2D eigenvalue weighted by Crippen LogP contribution is -2.07. The lowest BCUT2D eigenvalue weighted by atomic mass is 10.0. The van der Waals surface area contributed by atoms with Gasteiger partial charge in [-0.15, -0.1) is 0 Å². The summed E-state index contributed by atoms with van der Waals surface area (Å²) in [5.41, 5.74) is 5.63. The molecule has 0 fully saturated rings. The Balaban J connectivity index is 1.86. The fourth-order valence-electron chi connectivity index (χ4n) is 3.44. The minimum Gasteiger partial charge on any atom is -0.370 e. The molecule has 1 aliphatic rings. The van der Waals surface area contributed by atoms with E-state index in [1.54, 1.807) is 0 Å². The maximum atomic E-state index is 6.25. The normalized spacial score (nSPS) is 13.8. The summed E-state index contributed by atoms with van der Waals surface area (Å²) in [6, 6.07) is 14.3. The molecule has 0 atom stereocenters. The Labute approximate surface area is 163 Å². The lowest BCUT2D eigenvalue weighted by Gasteiger charge is -2.09. The van der Waals surface area contributed by atoms with Gasteiger partial charge < -0.3 is 5.32 Å². The molecule has 0 aliphatic carbocycles. The smallest absolute Gasteiger partial charge is 0.133 e. The van der Waals surface area contributed by atoms with Crippen molar-refractivity contribution in [3.05, 3.63) is 63.6 Å². The van der Waals surface area contributed by atoms with Crippen LogP contribution in [0.15, 0.2) is 42.5 Å². The molecule has 3 nitrogen and oxygen atoms in total. The number of benzene rings is 2. The average molecular weight is 386 g/mol. The van der Waals surface area contributed by atoms with Gasteiger partial charge in [0.25, 0.3) is 0 Å². The summed E-state index contributed by atoms with van der Waals surface area (Å²) >= 11 is 12.4. The van der Waals surface area contributed by atoms with Gasteiger partial charge in [-0.3, -0.25) is 0 Å². The number of aromatic nitrogens is 2. The number of rotatable bonds is 3. The predicted molar refractivity (Wildman–Crippen MR) is 110 cm³/mol. The van der Waals surface area contributed by atoms with E-state index in [1.807, 2.05) is 22.9 Å². The van der Waals surface area contributed by atoms with Gasteiger partial charge in [-0.2, -0.15) is 5.10 Å². The molecular weight excluding hydrogens is 365 g/mol. The van der Waals surface area contributed by atoms with Crippen LogP contribution in [0.4, 0.5) is 5.82 Å². The number of halogens is 2. The van der Waals surface area contributed by atoms with Crippen molar-refractivity contribution < 1.29 is 0 Å². The molecule has 0 unspecified atom stereocenters. The molecule has 0 radical (unpaired) electrons. The molecule has 0 amide bonds. The van der Waals surface area contributed by atoms with Crippen molar-refractivity contribution >= 4 is 29.0 Å². The van der Waals surface area contributed by atoms with E-state index in [9.17, 15) is 0 Å². The van der Waals surface area contributed by atoms with Crippen LogP contribution in [-0.2, 0) is 12.8 Å². The molecule has 0 bridgehead atoms. The molecule has 2 heterocycles. The van der Waals surface area contributed by atoms with Gasteiger partial charge >= 0.3 is 0 Å². The second kappa shape index (κ2) is 7.34. The highest BCUT2D eigenvalue weighted by atomic mass is 35.5. The summed E-state index contributed by atoms with van der Waals surface area (Å²) in [6.07, 6.45) is 4.34. The number of nitrogens with one attached hydrogen (secondary N) is 1. The van der Waals surface area contributed by atoms with E-state index in [0.717, 1.165) is 55.0 Å². The van der Waals surface area contributed by atoms with Crippen LogP contribution >= 0.6 is 23.2 Å². The minimum atomic E-state index is 0.557. The zero-order valence-corrected chi connectivity index (χ0v) is 16.2. The van der Waals surface area contributed by atoms with Gasteiger partial charge in [0.2, 0.25) is 0 Å². The average Bonchev–Trinajstić information content (AvgIpc) is 2.85. The molecule has 4 rings (SSSR count). The first-order valence-electron chi connectivity index (χ1n) is 9.08. The highest BCUT2D eigenvalue weighted by molar-refractivity contribution is 6.42. The van der Waals surface area contributed by atoms with Crippen LogP contribution in [0, 0.1) is 0 Å². The highest BCUT2D eigenvalue weighted by Crippen LogP contribution is 2.36. The Bertz CT molecular complexity index is 929. The molecule has 2 aromatic carbocycles. The first-order valence-corrected chi connectivity index (χ1v) is 9.83. The summed E-state index contributed by atoms with van der Waals surface area (Å²) in [5, 5.41) is 9.65. The van der Waals surface area contributed by atoms with Crippen molar-refractivity contribution in [2.75, 3.05) is 11.9 Å². The van der Waals surface area contributed by atoms with Gasteiger partial charge in [0, 0.05) is 17.7 Å². The molecule has 134 valence electrons. The van der Waals surface area contributed by atoms with Crippen molar-refractivity contribution in [3.63, 3.8) is 0 Å². The Morgan fingerprint density at radius 1 is 1.04 bits per heavy atom. The summed E-state index contributed by atoms with van der Waals surface area (Å²) in [4.78, 5) is 0. The third-order valence-corrected chi connectivity index (χ3v) is 5.65. The Kier molecular flexibility index (Phi) is 4.92. The van der Waals surface area contributed by atoms with Gasteiger partial charge in [-0.05, 0) is 55.5 Å². The summed E-state index contributed by atoms with van der Waals surface area (Å²) < 4.78 is 2.03. The van der Waals surface area contributed by atoms with E-state index < -0.39 is 0 Å². The summed E-state index contributed by atoms with van der Waals surface area (Å²) in [5.74, 6) is 1.09. The zero-order chi connectivity index (χ0) is 18.1. The third-order valence-electron chi connectivity index (χ3n) is 4.91. The minimum absolute atomic E-state index is 0.557. The van der Waals surface area contributed by atoms with E-state index in [-0.39, 0.29) is 0 Å². The van der Waals surface area contributed by atoms with Crippen LogP contribution in [0.1, 0.15) is 30.9 Å². The number of hydrogen-bond donors (Lipinski definition) is 1. The second-order valence-electron chi connectivity index (χ2n) is 6.62. The van der Waals surface area contributed by atoms with Gasteiger partial charge in [0.05, 0.1) is 21.4 Å². The molecule has 3 aromatic rings. The van der Waals surface area contributed by atoms with Crippen molar-refractivity contribution in [1.29, 1.82) is 0 Å². The van der Waals surface area contributed by atoms with Crippen LogP contribution in [0.5, 0.6) is 0 Å². The largest absolute Gasteiger partial charge is 0.370 e. The topological polar surface area (TPSA) is 29.9 Å². The van der Waals surface area contributed by atoms with Crippen LogP contribution in [0.25, 0.3) is 16.9 Å². The summed E-state index contributed by atoms with van der Waals surface area (Å²) in [7, 11) is 0. The van der Waals surface area contributed by atoms with Gasteiger partial charge in [-0.1, -0.05) is 48.3 Å². The molecule has 1 aliphatic heterocycles. The quantitative estimate of drug-likeness (QED) is 0.585. The maximum absolute atomic E-state index is 6.25. The summed E-state index contributed by atoms with van der Waals surface area (Å²) in [6.45, 7) is 3.13. The number of aryl methyl sites for hydroxylation is 1. The van der Waals surface area contributed by atoms with Crippen molar-refractivity contribution in [2.24, 2.45) is 0 Å².